The third-order valence-electron chi connectivity index (χ3n) is 8.00. The van der Waals surface area contributed by atoms with Crippen molar-refractivity contribution in [1.29, 1.82) is 0 Å². The van der Waals surface area contributed by atoms with Crippen LogP contribution in [0.2, 0.25) is 0 Å². The smallest absolute Gasteiger partial charge is 0.331 e. The minimum Gasteiger partial charge on any atom is -0.508 e. The van der Waals surface area contributed by atoms with Crippen molar-refractivity contribution < 1.29 is 29.3 Å². The predicted octanol–water partition coefficient (Wildman–Crippen LogP) is 3.72. The zero-order chi connectivity index (χ0) is 32.1. The van der Waals surface area contributed by atoms with Crippen molar-refractivity contribution in [1.82, 2.24) is 35.3 Å². The second-order valence-corrected chi connectivity index (χ2v) is 11.7. The van der Waals surface area contributed by atoms with Gasteiger partial charge in [-0.1, -0.05) is 36.4 Å². The van der Waals surface area contributed by atoms with Crippen LogP contribution in [0.3, 0.4) is 0 Å². The van der Waals surface area contributed by atoms with Crippen LogP contribution in [-0.4, -0.2) is 78.1 Å². The van der Waals surface area contributed by atoms with Gasteiger partial charge in [-0.25, -0.2) is 19.0 Å². The van der Waals surface area contributed by atoms with E-state index in [2.05, 4.69) is 25.9 Å². The molecule has 45 heavy (non-hydrogen) atoms. The van der Waals surface area contributed by atoms with Crippen LogP contribution in [-0.2, 0) is 20.7 Å². The van der Waals surface area contributed by atoms with Gasteiger partial charge in [0.05, 0.1) is 19.5 Å². The largest absolute Gasteiger partial charge is 0.508 e. The first-order valence-corrected chi connectivity index (χ1v) is 15.0. The van der Waals surface area contributed by atoms with Crippen molar-refractivity contribution in [2.45, 2.75) is 51.6 Å². The molecule has 1 aliphatic rings. The fourth-order valence-electron chi connectivity index (χ4n) is 5.55. The molecule has 5 rings (SSSR count). The van der Waals surface area contributed by atoms with Gasteiger partial charge < -0.3 is 20.3 Å². The normalized spacial score (nSPS) is 15.1. The standard InChI is InChI=1S/C32H37N7O6/c1-19(2)12-28(31(42)43)38-17-26(34-36-38)22-14-23(16-24(15-22)30(41)21-8-10-33-11-9-21)27-18-39(37-35-27)29(32(44)45-3)13-20-4-6-25(40)7-5-20/h4-7,14-19,21,28-29,33,40H,8-13H2,1-3H3,(H,42,43)/t28-,29-/m0/s1. The van der Waals surface area contributed by atoms with E-state index in [1.165, 1.54) is 16.5 Å². The summed E-state index contributed by atoms with van der Waals surface area (Å²) in [6.07, 6.45) is 5.28. The molecule has 0 aliphatic carbocycles. The van der Waals surface area contributed by atoms with Crippen molar-refractivity contribution in [2.75, 3.05) is 20.2 Å². The van der Waals surface area contributed by atoms with Gasteiger partial charge in [0.15, 0.2) is 17.9 Å². The number of ketones is 1. The maximum atomic E-state index is 13.7. The average Bonchev–Trinajstić information content (AvgIpc) is 3.74. The highest BCUT2D eigenvalue weighted by atomic mass is 16.5. The minimum absolute atomic E-state index is 0.00220. The topological polar surface area (TPSA) is 174 Å². The average molecular weight is 616 g/mol. The molecule has 1 saturated heterocycles. The Morgan fingerprint density at radius 2 is 1.51 bits per heavy atom. The lowest BCUT2D eigenvalue weighted by molar-refractivity contribution is -0.145. The Labute approximate surface area is 260 Å². The number of methoxy groups -OCH3 is 1. The Balaban J connectivity index is 1.53. The Morgan fingerprint density at radius 1 is 0.933 bits per heavy atom. The number of nitrogens with zero attached hydrogens (tertiary/aromatic N) is 6. The highest BCUT2D eigenvalue weighted by molar-refractivity contribution is 6.00. The van der Waals surface area contributed by atoms with E-state index in [0.29, 0.717) is 34.5 Å². The van der Waals surface area contributed by atoms with Crippen LogP contribution in [0.4, 0.5) is 0 Å². The molecular weight excluding hydrogens is 578 g/mol. The molecule has 0 amide bonds. The molecule has 3 heterocycles. The molecule has 236 valence electrons. The third kappa shape index (κ3) is 7.43. The van der Waals surface area contributed by atoms with E-state index in [4.69, 9.17) is 4.74 Å². The number of hydrogen-bond donors (Lipinski definition) is 3. The maximum Gasteiger partial charge on any atom is 0.331 e. The van der Waals surface area contributed by atoms with E-state index in [0.717, 1.165) is 31.5 Å². The van der Waals surface area contributed by atoms with Gasteiger partial charge in [0.1, 0.15) is 17.1 Å². The van der Waals surface area contributed by atoms with Gasteiger partial charge >= 0.3 is 11.9 Å². The van der Waals surface area contributed by atoms with Crippen molar-refractivity contribution in [3.05, 3.63) is 66.0 Å². The molecule has 13 heteroatoms. The SMILES string of the molecule is COC(=O)[C@H](Cc1ccc(O)cc1)n1cc(-c2cc(C(=O)C3CCNCC3)cc(-c3cn([C@@H](CC(C)C)C(=O)O)nn3)c2)nn1. The first kappa shape index (κ1) is 31.5. The molecule has 13 nitrogen and oxygen atoms in total. The number of carbonyl (C=O) groups excluding carboxylic acids is 2. The van der Waals surface area contributed by atoms with Gasteiger partial charge in [0.25, 0.3) is 0 Å². The molecule has 4 aromatic rings. The number of aromatic nitrogens is 6. The number of hydrogen-bond acceptors (Lipinski definition) is 10. The zero-order valence-corrected chi connectivity index (χ0v) is 25.5. The summed E-state index contributed by atoms with van der Waals surface area (Å²) in [6.45, 7) is 5.40. The molecule has 0 radical (unpaired) electrons. The molecule has 0 saturated carbocycles. The summed E-state index contributed by atoms with van der Waals surface area (Å²) in [5.74, 6) is -1.41. The van der Waals surface area contributed by atoms with Crippen LogP contribution in [0.5, 0.6) is 5.75 Å². The van der Waals surface area contributed by atoms with Gasteiger partial charge in [-0.15, -0.1) is 10.2 Å². The first-order valence-electron chi connectivity index (χ1n) is 15.0. The zero-order valence-electron chi connectivity index (χ0n) is 25.5. The summed E-state index contributed by atoms with van der Waals surface area (Å²) < 4.78 is 7.82. The predicted molar refractivity (Wildman–Crippen MR) is 163 cm³/mol. The lowest BCUT2D eigenvalue weighted by Crippen LogP contribution is -2.31. The summed E-state index contributed by atoms with van der Waals surface area (Å²) in [5, 5.41) is 39.7. The second-order valence-electron chi connectivity index (χ2n) is 11.7. The summed E-state index contributed by atoms with van der Waals surface area (Å²) in [7, 11) is 1.30. The number of piperidine rings is 1. The molecule has 1 aliphatic heterocycles. The fraction of sp³-hybridized carbons (Fsp3) is 0.406. The quantitative estimate of drug-likeness (QED) is 0.156. The molecule has 2 aromatic carbocycles. The number of nitrogens with one attached hydrogen (secondary N) is 1. The number of aromatic hydroxyl groups is 1. The van der Waals surface area contributed by atoms with Crippen LogP contribution >= 0.6 is 0 Å². The Hall–Kier alpha value is -4.91. The Morgan fingerprint density at radius 3 is 2.04 bits per heavy atom. The molecule has 0 spiro atoms. The molecule has 2 atom stereocenters. The van der Waals surface area contributed by atoms with E-state index < -0.39 is 24.0 Å². The lowest BCUT2D eigenvalue weighted by atomic mass is 9.88. The van der Waals surface area contributed by atoms with Crippen LogP contribution in [0.1, 0.15) is 61.1 Å². The molecule has 3 N–H and O–H groups in total. The fourth-order valence-corrected chi connectivity index (χ4v) is 5.55. The van der Waals surface area contributed by atoms with Gasteiger partial charge in [-0.05, 0) is 74.2 Å². The lowest BCUT2D eigenvalue weighted by Gasteiger charge is -2.21. The summed E-state index contributed by atoms with van der Waals surface area (Å²) >= 11 is 0. The summed E-state index contributed by atoms with van der Waals surface area (Å²) in [6, 6.07) is 10.1. The molecule has 0 bridgehead atoms. The van der Waals surface area contributed by atoms with Gasteiger partial charge in [0, 0.05) is 29.0 Å². The summed E-state index contributed by atoms with van der Waals surface area (Å²) in [4.78, 5) is 38.5. The van der Waals surface area contributed by atoms with E-state index in [-0.39, 0.29) is 29.8 Å². The molecular formula is C32H37N7O6. The van der Waals surface area contributed by atoms with Crippen LogP contribution in [0, 0.1) is 11.8 Å². The van der Waals surface area contributed by atoms with E-state index in [1.54, 1.807) is 54.9 Å². The summed E-state index contributed by atoms with van der Waals surface area (Å²) in [5.41, 5.74) is 3.26. The monoisotopic (exact) mass is 615 g/mol. The van der Waals surface area contributed by atoms with Crippen molar-refractivity contribution in [3.63, 3.8) is 0 Å². The number of aliphatic carboxylic acids is 1. The van der Waals surface area contributed by atoms with E-state index >= 15 is 0 Å². The molecule has 1 fully saturated rings. The number of rotatable bonds is 12. The number of esters is 1. The Kier molecular flexibility index (Phi) is 9.67. The van der Waals surface area contributed by atoms with Crippen LogP contribution in [0.25, 0.3) is 22.5 Å². The van der Waals surface area contributed by atoms with Crippen molar-refractivity contribution >= 4 is 17.7 Å². The van der Waals surface area contributed by atoms with Gasteiger partial charge in [0.2, 0.25) is 0 Å². The number of carboxylic acids is 1. The molecule has 0 unspecified atom stereocenters. The van der Waals surface area contributed by atoms with E-state index in [9.17, 15) is 24.6 Å². The number of ether oxygens (including phenoxy) is 1. The van der Waals surface area contributed by atoms with Crippen molar-refractivity contribution in [3.8, 4) is 28.3 Å². The van der Waals surface area contributed by atoms with Crippen LogP contribution < -0.4 is 5.32 Å². The minimum atomic E-state index is -1.00. The van der Waals surface area contributed by atoms with Crippen molar-refractivity contribution in [2.24, 2.45) is 11.8 Å². The van der Waals surface area contributed by atoms with Gasteiger partial charge in [-0.3, -0.25) is 4.79 Å². The number of benzene rings is 2. The first-order chi connectivity index (χ1) is 21.6. The maximum absolute atomic E-state index is 13.7. The number of carboxylic acid groups (broad SMARTS) is 1. The second kappa shape index (κ2) is 13.8. The highest BCUT2D eigenvalue weighted by Gasteiger charge is 2.27. The molecule has 2 aromatic heterocycles. The van der Waals surface area contributed by atoms with Gasteiger partial charge in [-0.2, -0.15) is 0 Å². The number of phenols is 1. The highest BCUT2D eigenvalue weighted by Crippen LogP contribution is 2.30. The Bertz CT molecular complexity index is 1660. The van der Waals surface area contributed by atoms with Crippen LogP contribution in [0.15, 0.2) is 54.9 Å². The number of phenolic OH excluding ortho intramolecular Hbond substituents is 1. The van der Waals surface area contributed by atoms with E-state index in [1.807, 2.05) is 13.8 Å². The number of carbonyl (C=O) groups is 3. The number of Topliss-reactive ketones (excluding diaryl/α,β-unsaturated/α-hetero) is 1. The third-order valence-corrected chi connectivity index (χ3v) is 8.00.